The molecule has 0 bridgehead atoms. The fourth-order valence-electron chi connectivity index (χ4n) is 2.68. The molecule has 0 aromatic heterocycles. The van der Waals surface area contributed by atoms with Crippen molar-refractivity contribution < 1.29 is 9.18 Å². The lowest BCUT2D eigenvalue weighted by Crippen LogP contribution is -2.25. The molecule has 1 amide bonds. The van der Waals surface area contributed by atoms with Crippen molar-refractivity contribution >= 4 is 23.4 Å². The maximum atomic E-state index is 14.5. The molecule has 3 nitrogen and oxygen atoms in total. The number of nitrogens with one attached hydrogen (secondary N) is 2. The van der Waals surface area contributed by atoms with Gasteiger partial charge in [0.1, 0.15) is 5.82 Å². The quantitative estimate of drug-likeness (QED) is 0.843. The predicted octanol–water partition coefficient (Wildman–Crippen LogP) is 3.51. The number of carbonyl (C=O) groups excluding carboxylic acids is 1. The molecule has 0 saturated heterocycles. The molecule has 2 aromatic rings. The van der Waals surface area contributed by atoms with Crippen molar-refractivity contribution in [3.05, 3.63) is 58.9 Å². The van der Waals surface area contributed by atoms with E-state index >= 15 is 0 Å². The summed E-state index contributed by atoms with van der Waals surface area (Å²) in [5, 5.41) is 5.91. The van der Waals surface area contributed by atoms with E-state index in [1.165, 1.54) is 11.8 Å². The second kappa shape index (κ2) is 7.15. The number of fused-ring (bicyclic) bond motifs is 1. The van der Waals surface area contributed by atoms with Crippen LogP contribution in [-0.4, -0.2) is 18.2 Å². The Morgan fingerprint density at radius 1 is 1.30 bits per heavy atom. The number of amides is 1. The molecule has 2 N–H and O–H groups in total. The maximum absolute atomic E-state index is 14.5. The van der Waals surface area contributed by atoms with E-state index < -0.39 is 0 Å². The first kappa shape index (κ1) is 16.0. The van der Waals surface area contributed by atoms with Crippen LogP contribution in [0.2, 0.25) is 0 Å². The Morgan fingerprint density at radius 2 is 2.13 bits per heavy atom. The summed E-state index contributed by atoms with van der Waals surface area (Å²) in [7, 11) is 0. The molecule has 0 unspecified atom stereocenters. The fraction of sp³-hybridized carbons (Fsp3) is 0.278. The molecule has 3 rings (SSSR count). The summed E-state index contributed by atoms with van der Waals surface area (Å²) in [4.78, 5) is 13.2. The average molecular weight is 330 g/mol. The molecular weight excluding hydrogens is 311 g/mol. The van der Waals surface area contributed by atoms with Crippen LogP contribution in [0.1, 0.15) is 16.7 Å². The summed E-state index contributed by atoms with van der Waals surface area (Å²) in [5.41, 5.74) is 3.10. The first-order chi connectivity index (χ1) is 11.1. The van der Waals surface area contributed by atoms with Crippen LogP contribution in [0, 0.1) is 12.7 Å². The van der Waals surface area contributed by atoms with Gasteiger partial charge in [-0.15, -0.1) is 11.8 Å². The van der Waals surface area contributed by atoms with Crippen molar-refractivity contribution in [2.45, 2.75) is 24.8 Å². The van der Waals surface area contributed by atoms with Gasteiger partial charge in [0.05, 0.1) is 11.4 Å². The Morgan fingerprint density at radius 3 is 2.96 bits per heavy atom. The van der Waals surface area contributed by atoms with Gasteiger partial charge in [-0.2, -0.15) is 0 Å². The lowest BCUT2D eigenvalue weighted by atomic mass is 9.99. The summed E-state index contributed by atoms with van der Waals surface area (Å²) in [6, 6.07) is 11.4. The molecule has 0 radical (unpaired) electrons. The van der Waals surface area contributed by atoms with Crippen molar-refractivity contribution in [3.63, 3.8) is 0 Å². The van der Waals surface area contributed by atoms with Crippen molar-refractivity contribution in [3.8, 4) is 0 Å². The van der Waals surface area contributed by atoms with Gasteiger partial charge in [-0.05, 0) is 48.7 Å². The van der Waals surface area contributed by atoms with E-state index in [0.717, 1.165) is 22.6 Å². The second-order valence-electron chi connectivity index (χ2n) is 5.59. The molecule has 5 heteroatoms. The van der Waals surface area contributed by atoms with Crippen LogP contribution in [0.3, 0.4) is 0 Å². The third-order valence-electron chi connectivity index (χ3n) is 3.93. The van der Waals surface area contributed by atoms with Gasteiger partial charge in [0, 0.05) is 11.4 Å². The van der Waals surface area contributed by atoms with Crippen LogP contribution in [0.15, 0.2) is 41.3 Å². The zero-order valence-corrected chi connectivity index (χ0v) is 13.8. The minimum Gasteiger partial charge on any atom is -0.323 e. The molecular formula is C18H19FN2OS. The van der Waals surface area contributed by atoms with Crippen molar-refractivity contribution in [2.24, 2.45) is 0 Å². The topological polar surface area (TPSA) is 41.1 Å². The number of hydrogen-bond donors (Lipinski definition) is 2. The third kappa shape index (κ3) is 3.74. The van der Waals surface area contributed by atoms with E-state index in [2.05, 4.69) is 10.6 Å². The van der Waals surface area contributed by atoms with Crippen LogP contribution < -0.4 is 10.6 Å². The molecule has 0 fully saturated rings. The monoisotopic (exact) mass is 330 g/mol. The van der Waals surface area contributed by atoms with Gasteiger partial charge < -0.3 is 10.6 Å². The number of halogens is 1. The third-order valence-corrected chi connectivity index (χ3v) is 5.11. The summed E-state index contributed by atoms with van der Waals surface area (Å²) in [6.07, 6.45) is 0.656. The van der Waals surface area contributed by atoms with E-state index in [-0.39, 0.29) is 23.2 Å². The predicted molar refractivity (Wildman–Crippen MR) is 92.3 cm³/mol. The number of carbonyl (C=O) groups is 1. The molecule has 0 aliphatic carbocycles. The molecule has 1 heterocycles. The molecule has 120 valence electrons. The Balaban J connectivity index is 1.65. The fourth-order valence-corrected chi connectivity index (χ4v) is 3.51. The van der Waals surface area contributed by atoms with E-state index in [1.807, 2.05) is 37.3 Å². The van der Waals surface area contributed by atoms with E-state index in [0.29, 0.717) is 18.5 Å². The summed E-state index contributed by atoms with van der Waals surface area (Å²) < 4.78 is 14.5. The smallest absolute Gasteiger partial charge is 0.234 e. The lowest BCUT2D eigenvalue weighted by molar-refractivity contribution is -0.113. The first-order valence-electron chi connectivity index (χ1n) is 7.64. The average Bonchev–Trinajstić information content (AvgIpc) is 2.57. The van der Waals surface area contributed by atoms with E-state index in [1.54, 1.807) is 6.07 Å². The molecule has 23 heavy (non-hydrogen) atoms. The largest absolute Gasteiger partial charge is 0.323 e. The van der Waals surface area contributed by atoms with Gasteiger partial charge in [-0.3, -0.25) is 4.79 Å². The highest BCUT2D eigenvalue weighted by molar-refractivity contribution is 8.00. The van der Waals surface area contributed by atoms with Crippen LogP contribution >= 0.6 is 11.8 Å². The standard InChI is InChI=1S/C18H19FN2OS/c1-12-4-2-3-5-16(12)23-11-17(22)21-15-7-6-13-10-20-9-8-14(13)18(15)19/h2-7,20H,8-11H2,1H3,(H,21,22). The Hall–Kier alpha value is -1.85. The normalized spacial score (nSPS) is 13.5. The number of hydrogen-bond acceptors (Lipinski definition) is 3. The van der Waals surface area contributed by atoms with Crippen molar-refractivity contribution in [2.75, 3.05) is 17.6 Å². The van der Waals surface area contributed by atoms with Gasteiger partial charge in [0.25, 0.3) is 0 Å². The second-order valence-corrected chi connectivity index (χ2v) is 6.61. The van der Waals surface area contributed by atoms with Gasteiger partial charge in [0.15, 0.2) is 0 Å². The van der Waals surface area contributed by atoms with Crippen LogP contribution in [0.5, 0.6) is 0 Å². The van der Waals surface area contributed by atoms with E-state index in [9.17, 15) is 9.18 Å². The summed E-state index contributed by atoms with van der Waals surface area (Å²) >= 11 is 1.46. The molecule has 0 atom stereocenters. The number of anilines is 1. The Bertz CT molecular complexity index is 733. The number of rotatable bonds is 4. The Kier molecular flexibility index (Phi) is 4.98. The highest BCUT2D eigenvalue weighted by Crippen LogP contribution is 2.26. The highest BCUT2D eigenvalue weighted by Gasteiger charge is 2.17. The van der Waals surface area contributed by atoms with Crippen LogP contribution in [0.4, 0.5) is 10.1 Å². The molecule has 1 aliphatic heterocycles. The maximum Gasteiger partial charge on any atom is 0.234 e. The highest BCUT2D eigenvalue weighted by atomic mass is 32.2. The van der Waals surface area contributed by atoms with Gasteiger partial charge in [0.2, 0.25) is 5.91 Å². The zero-order chi connectivity index (χ0) is 16.2. The minimum absolute atomic E-state index is 0.189. The SMILES string of the molecule is Cc1ccccc1SCC(=O)Nc1ccc2c(c1F)CCNC2. The first-order valence-corrected chi connectivity index (χ1v) is 8.63. The minimum atomic E-state index is -0.293. The van der Waals surface area contributed by atoms with Crippen LogP contribution in [-0.2, 0) is 17.8 Å². The number of thioether (sulfide) groups is 1. The lowest BCUT2D eigenvalue weighted by Gasteiger charge is -2.19. The van der Waals surface area contributed by atoms with Crippen molar-refractivity contribution in [1.82, 2.24) is 5.32 Å². The van der Waals surface area contributed by atoms with Crippen LogP contribution in [0.25, 0.3) is 0 Å². The van der Waals surface area contributed by atoms with E-state index in [4.69, 9.17) is 0 Å². The number of benzene rings is 2. The molecule has 1 aliphatic rings. The van der Waals surface area contributed by atoms with Gasteiger partial charge >= 0.3 is 0 Å². The number of aryl methyl sites for hydroxylation is 1. The summed E-state index contributed by atoms with van der Waals surface area (Å²) in [6.45, 7) is 3.46. The molecule has 0 saturated carbocycles. The Labute approximate surface area is 139 Å². The summed E-state index contributed by atoms with van der Waals surface area (Å²) in [5.74, 6) is -0.215. The molecule has 0 spiro atoms. The van der Waals surface area contributed by atoms with Gasteiger partial charge in [-0.25, -0.2) is 4.39 Å². The zero-order valence-electron chi connectivity index (χ0n) is 13.0. The van der Waals surface area contributed by atoms with Gasteiger partial charge in [-0.1, -0.05) is 24.3 Å². The molecule has 2 aromatic carbocycles. The van der Waals surface area contributed by atoms with Crippen molar-refractivity contribution in [1.29, 1.82) is 0 Å².